The van der Waals surface area contributed by atoms with Crippen molar-refractivity contribution in [3.63, 3.8) is 0 Å². The molecule has 1 fully saturated rings. The first-order valence-electron chi connectivity index (χ1n) is 8.55. The second-order valence-corrected chi connectivity index (χ2v) is 6.10. The zero-order chi connectivity index (χ0) is 16.5. The average molecular weight is 315 g/mol. The van der Waals surface area contributed by atoms with E-state index in [0.29, 0.717) is 6.61 Å². The maximum absolute atomic E-state index is 6.02. The van der Waals surface area contributed by atoms with E-state index in [2.05, 4.69) is 11.9 Å². The van der Waals surface area contributed by atoms with Gasteiger partial charge in [0, 0.05) is 19.2 Å². The molecule has 0 aromatic carbocycles. The first-order valence-corrected chi connectivity index (χ1v) is 8.55. The molecule has 1 aromatic heterocycles. The van der Waals surface area contributed by atoms with Gasteiger partial charge in [0.15, 0.2) is 0 Å². The van der Waals surface area contributed by atoms with Gasteiger partial charge < -0.3 is 10.1 Å². The van der Waals surface area contributed by atoms with Crippen LogP contribution in [-0.2, 0) is 13.1 Å². The summed E-state index contributed by atoms with van der Waals surface area (Å²) in [4.78, 5) is 0. The Morgan fingerprint density at radius 1 is 1.48 bits per heavy atom. The number of nitrogens with zero attached hydrogens (tertiary/aromatic N) is 2. The number of nitrogens with one attached hydrogen (secondary N) is 1. The van der Waals surface area contributed by atoms with Gasteiger partial charge >= 0.3 is 0 Å². The lowest BCUT2D eigenvalue weighted by Gasteiger charge is -2.13. The Labute approximate surface area is 139 Å². The topological polar surface area (TPSA) is 39.1 Å². The molecule has 0 aliphatic heterocycles. The molecule has 1 aliphatic carbocycles. The van der Waals surface area contributed by atoms with Crippen molar-refractivity contribution in [2.24, 2.45) is 5.92 Å². The highest BCUT2D eigenvalue weighted by atomic mass is 16.5. The smallest absolute Gasteiger partial charge is 0.212 e. The Morgan fingerprint density at radius 2 is 2.26 bits per heavy atom. The first kappa shape index (κ1) is 17.5. The van der Waals surface area contributed by atoms with Gasteiger partial charge in [-0.2, -0.15) is 5.10 Å². The highest BCUT2D eigenvalue weighted by molar-refractivity contribution is 5.24. The van der Waals surface area contributed by atoms with Crippen molar-refractivity contribution in [3.8, 4) is 5.88 Å². The van der Waals surface area contributed by atoms with Gasteiger partial charge in [0.2, 0.25) is 5.88 Å². The van der Waals surface area contributed by atoms with Crippen LogP contribution in [0.5, 0.6) is 5.88 Å². The van der Waals surface area contributed by atoms with E-state index in [9.17, 15) is 0 Å². The molecule has 1 aliphatic rings. The summed E-state index contributed by atoms with van der Waals surface area (Å²) >= 11 is 0. The zero-order valence-corrected chi connectivity index (χ0v) is 14.4. The third-order valence-electron chi connectivity index (χ3n) is 4.21. The number of hydrogen-bond acceptors (Lipinski definition) is 3. The molecule has 0 amide bonds. The number of ether oxygens (including phenoxy) is 1. The standard InChI is InChI=1S/C19H29N3O/c1-4-6-9-16(5-2)15-23-19-12-18(13-20-3)21-22(19)14-17-10-7-8-11-17/h4-6,9,12,17,20H,2,7-8,10-11,13-15H2,1,3H3/b6-4-,16-9+. The number of hydrogen-bond donors (Lipinski definition) is 1. The van der Waals surface area contributed by atoms with Crippen molar-refractivity contribution in [1.29, 1.82) is 0 Å². The summed E-state index contributed by atoms with van der Waals surface area (Å²) in [6.07, 6.45) is 13.2. The highest BCUT2D eigenvalue weighted by Gasteiger charge is 2.18. The predicted molar refractivity (Wildman–Crippen MR) is 95.5 cm³/mol. The maximum Gasteiger partial charge on any atom is 0.212 e. The molecule has 23 heavy (non-hydrogen) atoms. The van der Waals surface area contributed by atoms with Gasteiger partial charge in [-0.15, -0.1) is 0 Å². The van der Waals surface area contributed by atoms with Crippen LogP contribution in [0, 0.1) is 5.92 Å². The quantitative estimate of drug-likeness (QED) is 0.703. The fraction of sp³-hybridized carbons (Fsp3) is 0.526. The molecule has 126 valence electrons. The van der Waals surface area contributed by atoms with Crippen LogP contribution in [0.4, 0.5) is 0 Å². The van der Waals surface area contributed by atoms with Crippen LogP contribution in [-0.4, -0.2) is 23.4 Å². The molecule has 0 saturated heterocycles. The van der Waals surface area contributed by atoms with Gasteiger partial charge in [0.1, 0.15) is 6.61 Å². The summed E-state index contributed by atoms with van der Waals surface area (Å²) in [7, 11) is 1.94. The Kier molecular flexibility index (Phi) is 7.14. The number of rotatable bonds is 9. The minimum absolute atomic E-state index is 0.517. The van der Waals surface area contributed by atoms with Crippen LogP contribution in [0.15, 0.2) is 42.5 Å². The molecule has 0 bridgehead atoms. The summed E-state index contributed by atoms with van der Waals surface area (Å²) in [5.41, 5.74) is 2.09. The largest absolute Gasteiger partial charge is 0.473 e. The summed E-state index contributed by atoms with van der Waals surface area (Å²) in [6, 6.07) is 2.04. The fourth-order valence-corrected chi connectivity index (χ4v) is 2.95. The monoisotopic (exact) mass is 315 g/mol. The Bertz CT molecular complexity index is 551. The molecular formula is C19H29N3O. The van der Waals surface area contributed by atoms with Crippen molar-refractivity contribution in [1.82, 2.24) is 15.1 Å². The fourth-order valence-electron chi connectivity index (χ4n) is 2.95. The molecule has 0 atom stereocenters. The lowest BCUT2D eigenvalue weighted by atomic mass is 10.1. The minimum atomic E-state index is 0.517. The van der Waals surface area contributed by atoms with Gasteiger partial charge in [0.25, 0.3) is 0 Å². The normalized spacial score (nSPS) is 16.3. The van der Waals surface area contributed by atoms with Crippen molar-refractivity contribution < 1.29 is 4.74 Å². The van der Waals surface area contributed by atoms with E-state index >= 15 is 0 Å². The zero-order valence-electron chi connectivity index (χ0n) is 14.4. The molecule has 0 radical (unpaired) electrons. The Balaban J connectivity index is 2.06. The van der Waals surface area contributed by atoms with E-state index in [1.807, 2.05) is 49.0 Å². The van der Waals surface area contributed by atoms with Crippen molar-refractivity contribution in [3.05, 3.63) is 48.2 Å². The molecule has 0 spiro atoms. The van der Waals surface area contributed by atoms with Gasteiger partial charge in [-0.1, -0.05) is 43.7 Å². The highest BCUT2D eigenvalue weighted by Crippen LogP contribution is 2.28. The molecule has 0 unspecified atom stereocenters. The molecule has 2 rings (SSSR count). The lowest BCUT2D eigenvalue weighted by Crippen LogP contribution is -2.13. The van der Waals surface area contributed by atoms with Gasteiger partial charge in [-0.3, -0.25) is 0 Å². The van der Waals surface area contributed by atoms with Crippen LogP contribution in [0.1, 0.15) is 38.3 Å². The second-order valence-electron chi connectivity index (χ2n) is 6.10. The van der Waals surface area contributed by atoms with Crippen LogP contribution in [0.25, 0.3) is 0 Å². The molecule has 1 heterocycles. The van der Waals surface area contributed by atoms with Gasteiger partial charge in [-0.05, 0) is 38.3 Å². The molecule has 1 N–H and O–H groups in total. The third-order valence-corrected chi connectivity index (χ3v) is 4.21. The van der Waals surface area contributed by atoms with Crippen molar-refractivity contribution >= 4 is 0 Å². The van der Waals surface area contributed by atoms with E-state index in [-0.39, 0.29) is 0 Å². The lowest BCUT2D eigenvalue weighted by molar-refractivity contribution is 0.297. The second kappa shape index (κ2) is 9.36. The summed E-state index contributed by atoms with van der Waals surface area (Å²) < 4.78 is 8.06. The van der Waals surface area contributed by atoms with Crippen molar-refractivity contribution in [2.75, 3.05) is 13.7 Å². The van der Waals surface area contributed by atoms with Crippen molar-refractivity contribution in [2.45, 2.75) is 45.7 Å². The van der Waals surface area contributed by atoms with E-state index < -0.39 is 0 Å². The van der Waals surface area contributed by atoms with E-state index in [1.165, 1.54) is 25.7 Å². The predicted octanol–water partition coefficient (Wildman–Crippen LogP) is 3.86. The molecule has 1 aromatic rings. The number of aromatic nitrogens is 2. The van der Waals surface area contributed by atoms with Crippen LogP contribution < -0.4 is 10.1 Å². The maximum atomic E-state index is 6.02. The number of allylic oxidation sites excluding steroid dienone is 3. The van der Waals surface area contributed by atoms with E-state index in [4.69, 9.17) is 9.84 Å². The average Bonchev–Trinajstić information content (AvgIpc) is 3.19. The van der Waals surface area contributed by atoms with Crippen LogP contribution in [0.2, 0.25) is 0 Å². The Morgan fingerprint density at radius 3 is 2.91 bits per heavy atom. The molecule has 4 nitrogen and oxygen atoms in total. The summed E-state index contributed by atoms with van der Waals surface area (Å²) in [5.74, 6) is 1.59. The van der Waals surface area contributed by atoms with E-state index in [1.54, 1.807) is 0 Å². The third kappa shape index (κ3) is 5.39. The van der Waals surface area contributed by atoms with Gasteiger partial charge in [-0.25, -0.2) is 4.68 Å². The Hall–Kier alpha value is -1.81. The SMILES string of the molecule is C=C/C(=C\C=C/C)COc1cc(CNC)nn1CC1CCCC1. The summed E-state index contributed by atoms with van der Waals surface area (Å²) in [5, 5.41) is 7.85. The van der Waals surface area contributed by atoms with E-state index in [0.717, 1.165) is 36.2 Å². The van der Waals surface area contributed by atoms with Crippen LogP contribution >= 0.6 is 0 Å². The first-order chi connectivity index (χ1) is 11.3. The molecule has 4 heteroatoms. The minimum Gasteiger partial charge on any atom is -0.473 e. The molecule has 1 saturated carbocycles. The summed E-state index contributed by atoms with van der Waals surface area (Å²) in [6.45, 7) is 8.09. The molecular weight excluding hydrogens is 286 g/mol. The van der Waals surface area contributed by atoms with Gasteiger partial charge in [0.05, 0.1) is 5.69 Å². The van der Waals surface area contributed by atoms with Crippen LogP contribution in [0.3, 0.4) is 0 Å².